The second-order valence-corrected chi connectivity index (χ2v) is 7.52. The van der Waals surface area contributed by atoms with Gasteiger partial charge in [0, 0.05) is 12.1 Å². The number of aliphatic carboxylic acids is 1. The summed E-state index contributed by atoms with van der Waals surface area (Å²) < 4.78 is 37.5. The van der Waals surface area contributed by atoms with Crippen LogP contribution >= 0.6 is 0 Å². The summed E-state index contributed by atoms with van der Waals surface area (Å²) in [5.74, 6) is -0.584. The summed E-state index contributed by atoms with van der Waals surface area (Å²) >= 11 is 0. The molecule has 0 bridgehead atoms. The lowest BCUT2D eigenvalue weighted by molar-refractivity contribution is -0.139. The van der Waals surface area contributed by atoms with Crippen LogP contribution in [0, 0.1) is 5.41 Å². The Morgan fingerprint density at radius 1 is 1.18 bits per heavy atom. The van der Waals surface area contributed by atoms with Crippen LogP contribution in [0.1, 0.15) is 11.1 Å². The molecule has 9 nitrogen and oxygen atoms in total. The molecule has 5 N–H and O–H groups in total. The van der Waals surface area contributed by atoms with Gasteiger partial charge in [0.1, 0.15) is 5.84 Å². The van der Waals surface area contributed by atoms with Crippen LogP contribution in [0.3, 0.4) is 0 Å². The topological polar surface area (TPSA) is 152 Å². The van der Waals surface area contributed by atoms with E-state index in [1.165, 1.54) is 31.4 Å². The molecule has 0 radical (unpaired) electrons. The molecule has 2 aromatic rings. The number of carboxylic acids is 1. The lowest BCUT2D eigenvalue weighted by atomic mass is 10.1. The molecular formula is C18H21N3O6S. The minimum Gasteiger partial charge on any atom is -0.493 e. The van der Waals surface area contributed by atoms with Gasteiger partial charge in [-0.2, -0.15) is 0 Å². The minimum atomic E-state index is -3.70. The fourth-order valence-corrected chi connectivity index (χ4v) is 3.38. The first-order valence-electron chi connectivity index (χ1n) is 8.18. The van der Waals surface area contributed by atoms with Crippen molar-refractivity contribution in [2.24, 2.45) is 5.73 Å². The molecule has 0 spiro atoms. The molecule has 0 heterocycles. The second kappa shape index (κ2) is 9.20. The summed E-state index contributed by atoms with van der Waals surface area (Å²) in [5, 5.41) is 16.0. The quantitative estimate of drug-likeness (QED) is 0.338. The van der Waals surface area contributed by atoms with E-state index in [4.69, 9.17) is 25.7 Å². The van der Waals surface area contributed by atoms with E-state index in [2.05, 4.69) is 4.72 Å². The first kappa shape index (κ1) is 21.2. The zero-order valence-electron chi connectivity index (χ0n) is 15.1. The van der Waals surface area contributed by atoms with Crippen LogP contribution in [-0.2, 0) is 21.2 Å². The van der Waals surface area contributed by atoms with Crippen LogP contribution in [-0.4, -0.2) is 45.6 Å². The number of methoxy groups -OCH3 is 1. The average molecular weight is 407 g/mol. The third-order valence-electron chi connectivity index (χ3n) is 3.76. The van der Waals surface area contributed by atoms with Crippen molar-refractivity contribution in [3.8, 4) is 11.5 Å². The summed E-state index contributed by atoms with van der Waals surface area (Å²) in [7, 11) is -2.27. The molecule has 0 aliphatic carbocycles. The van der Waals surface area contributed by atoms with E-state index in [1.807, 2.05) is 0 Å². The molecule has 2 rings (SSSR count). The van der Waals surface area contributed by atoms with Crippen molar-refractivity contribution in [2.45, 2.75) is 11.3 Å². The zero-order valence-corrected chi connectivity index (χ0v) is 16.0. The second-order valence-electron chi connectivity index (χ2n) is 5.75. The van der Waals surface area contributed by atoms with Crippen LogP contribution in [0.15, 0.2) is 47.4 Å². The molecular weight excluding hydrogens is 386 g/mol. The third-order valence-corrected chi connectivity index (χ3v) is 5.24. The maximum atomic E-state index is 12.3. The van der Waals surface area contributed by atoms with E-state index < -0.39 is 22.6 Å². The fourth-order valence-electron chi connectivity index (χ4n) is 2.35. The number of hydrogen-bond donors (Lipinski definition) is 4. The van der Waals surface area contributed by atoms with Gasteiger partial charge < -0.3 is 20.3 Å². The van der Waals surface area contributed by atoms with Crippen molar-refractivity contribution in [2.75, 3.05) is 20.3 Å². The highest BCUT2D eigenvalue weighted by atomic mass is 32.2. The van der Waals surface area contributed by atoms with E-state index >= 15 is 0 Å². The van der Waals surface area contributed by atoms with Crippen molar-refractivity contribution in [3.63, 3.8) is 0 Å². The number of sulfonamides is 1. The molecule has 28 heavy (non-hydrogen) atoms. The summed E-state index contributed by atoms with van der Waals surface area (Å²) in [5.41, 5.74) is 6.58. The Hall–Kier alpha value is -3.11. The molecule has 150 valence electrons. The molecule has 0 amide bonds. The average Bonchev–Trinajstić information content (AvgIpc) is 2.66. The molecule has 0 fully saturated rings. The summed E-state index contributed by atoms with van der Waals surface area (Å²) in [6, 6.07) is 10.7. The number of ether oxygens (including phenoxy) is 2. The van der Waals surface area contributed by atoms with Gasteiger partial charge in [-0.3, -0.25) is 5.41 Å². The Labute approximate surface area is 162 Å². The molecule has 0 unspecified atom stereocenters. The van der Waals surface area contributed by atoms with E-state index in [0.29, 0.717) is 23.5 Å². The Balaban J connectivity index is 1.99. The van der Waals surface area contributed by atoms with Gasteiger partial charge >= 0.3 is 5.97 Å². The molecule has 0 atom stereocenters. The van der Waals surface area contributed by atoms with Gasteiger partial charge in [-0.15, -0.1) is 0 Å². The summed E-state index contributed by atoms with van der Waals surface area (Å²) in [4.78, 5) is 10.7. The highest BCUT2D eigenvalue weighted by molar-refractivity contribution is 7.89. The number of nitrogens with two attached hydrogens (primary N) is 1. The van der Waals surface area contributed by atoms with Gasteiger partial charge in [0.2, 0.25) is 10.0 Å². The smallest absolute Gasteiger partial charge is 0.341 e. The highest BCUT2D eigenvalue weighted by Crippen LogP contribution is 2.28. The first-order chi connectivity index (χ1) is 13.2. The number of nitrogen functional groups attached to an aromatic ring is 1. The van der Waals surface area contributed by atoms with Gasteiger partial charge in [0.05, 0.1) is 12.0 Å². The van der Waals surface area contributed by atoms with Crippen LogP contribution in [0.25, 0.3) is 0 Å². The number of hydrogen-bond acceptors (Lipinski definition) is 6. The van der Waals surface area contributed by atoms with Crippen LogP contribution in [0.4, 0.5) is 0 Å². The fraction of sp³-hybridized carbons (Fsp3) is 0.222. The zero-order chi connectivity index (χ0) is 20.7. The first-order valence-corrected chi connectivity index (χ1v) is 9.67. The Morgan fingerprint density at radius 3 is 2.43 bits per heavy atom. The van der Waals surface area contributed by atoms with Gasteiger partial charge in [-0.05, 0) is 48.4 Å². The minimum absolute atomic E-state index is 0.0764. The van der Waals surface area contributed by atoms with E-state index in [1.54, 1.807) is 18.2 Å². The number of carbonyl (C=O) groups is 1. The van der Waals surface area contributed by atoms with Crippen molar-refractivity contribution in [1.82, 2.24) is 4.72 Å². The predicted octanol–water partition coefficient (Wildman–Crippen LogP) is 0.964. The van der Waals surface area contributed by atoms with Crippen LogP contribution < -0.4 is 19.9 Å². The van der Waals surface area contributed by atoms with Gasteiger partial charge in [0.25, 0.3) is 0 Å². The Morgan fingerprint density at radius 2 is 1.86 bits per heavy atom. The van der Waals surface area contributed by atoms with Crippen LogP contribution in [0.5, 0.6) is 11.5 Å². The molecule has 0 aliphatic rings. The lowest BCUT2D eigenvalue weighted by Crippen LogP contribution is -2.26. The summed E-state index contributed by atoms with van der Waals surface area (Å²) in [6.45, 7) is -0.340. The Bertz CT molecular complexity index is 958. The van der Waals surface area contributed by atoms with Gasteiger partial charge in [-0.25, -0.2) is 17.9 Å². The monoisotopic (exact) mass is 407 g/mol. The number of benzene rings is 2. The highest BCUT2D eigenvalue weighted by Gasteiger charge is 2.14. The van der Waals surface area contributed by atoms with E-state index in [9.17, 15) is 13.2 Å². The number of rotatable bonds is 10. The van der Waals surface area contributed by atoms with Gasteiger partial charge in [-0.1, -0.05) is 6.07 Å². The van der Waals surface area contributed by atoms with Crippen molar-refractivity contribution in [1.29, 1.82) is 5.41 Å². The molecule has 0 saturated heterocycles. The maximum absolute atomic E-state index is 12.3. The normalized spacial score (nSPS) is 11.0. The van der Waals surface area contributed by atoms with Crippen molar-refractivity contribution in [3.05, 3.63) is 53.6 Å². The molecule has 0 aromatic heterocycles. The molecule has 0 aliphatic heterocycles. The van der Waals surface area contributed by atoms with E-state index in [-0.39, 0.29) is 17.3 Å². The predicted molar refractivity (Wildman–Crippen MR) is 102 cm³/mol. The number of amidine groups is 1. The standard InChI is InChI=1S/C18H21N3O6S/c1-26-16-10-12(2-7-15(16)27-11-17(22)23)8-9-21-28(24,25)14-5-3-13(4-6-14)18(19)20/h2-7,10,21H,8-9,11H2,1H3,(H3,19,20)(H,22,23). The van der Waals surface area contributed by atoms with Crippen molar-refractivity contribution < 1.29 is 27.8 Å². The molecule has 2 aromatic carbocycles. The third kappa shape index (κ3) is 5.69. The number of carboxylic acid groups (broad SMARTS) is 1. The molecule has 10 heteroatoms. The maximum Gasteiger partial charge on any atom is 0.341 e. The van der Waals surface area contributed by atoms with Crippen molar-refractivity contribution >= 4 is 21.8 Å². The summed E-state index contributed by atoms with van der Waals surface area (Å²) in [6.07, 6.45) is 0.389. The number of nitrogens with one attached hydrogen (secondary N) is 2. The SMILES string of the molecule is COc1cc(CCNS(=O)(=O)c2ccc(C(=N)N)cc2)ccc1OCC(=O)O. The lowest BCUT2D eigenvalue weighted by Gasteiger charge is -2.11. The molecule has 0 saturated carbocycles. The Kier molecular flexibility index (Phi) is 6.96. The van der Waals surface area contributed by atoms with E-state index in [0.717, 1.165) is 5.56 Å². The largest absolute Gasteiger partial charge is 0.493 e. The van der Waals surface area contributed by atoms with Crippen LogP contribution in [0.2, 0.25) is 0 Å². The van der Waals surface area contributed by atoms with Gasteiger partial charge in [0.15, 0.2) is 18.1 Å².